The lowest BCUT2D eigenvalue weighted by molar-refractivity contribution is -0.185. The summed E-state index contributed by atoms with van der Waals surface area (Å²) in [6.45, 7) is 0.216. The van der Waals surface area contributed by atoms with Crippen LogP contribution in [0.1, 0.15) is 17.5 Å². The van der Waals surface area contributed by atoms with Crippen molar-refractivity contribution in [3.05, 3.63) is 65.7 Å². The molecule has 1 fully saturated rings. The number of rotatable bonds is 5. The third-order valence-corrected chi connectivity index (χ3v) is 4.76. The topological polar surface area (TPSA) is 38.8 Å². The highest BCUT2D eigenvalue weighted by molar-refractivity contribution is 5.82. The Bertz CT molecular complexity index is 795. The number of carbonyl (C=O) groups is 1. The molecule has 0 radical (unpaired) electrons. The van der Waals surface area contributed by atoms with Gasteiger partial charge in [-0.3, -0.25) is 4.79 Å². The highest BCUT2D eigenvalue weighted by atomic mass is 19.4. The van der Waals surface area contributed by atoms with E-state index in [-0.39, 0.29) is 19.5 Å². The molecule has 144 valence electrons. The van der Waals surface area contributed by atoms with E-state index in [2.05, 4.69) is 0 Å². The van der Waals surface area contributed by atoms with Crippen LogP contribution in [0.2, 0.25) is 0 Å². The van der Waals surface area contributed by atoms with Crippen molar-refractivity contribution in [3.63, 3.8) is 0 Å². The highest BCUT2D eigenvalue weighted by Gasteiger charge is 2.49. The van der Waals surface area contributed by atoms with Gasteiger partial charge >= 0.3 is 12.1 Å². The summed E-state index contributed by atoms with van der Waals surface area (Å²) in [5.74, 6) is -1.24. The number of methoxy groups -OCH3 is 1. The molecule has 0 N–H and O–H groups in total. The van der Waals surface area contributed by atoms with Crippen molar-refractivity contribution in [1.29, 1.82) is 0 Å². The molecule has 1 unspecified atom stereocenters. The molecule has 4 nitrogen and oxygen atoms in total. The van der Waals surface area contributed by atoms with Crippen LogP contribution in [-0.2, 0) is 21.7 Å². The van der Waals surface area contributed by atoms with Crippen LogP contribution < -0.4 is 4.74 Å². The summed E-state index contributed by atoms with van der Waals surface area (Å²) in [4.78, 5) is 12.3. The summed E-state index contributed by atoms with van der Waals surface area (Å²) in [6, 6.07) is 16.7. The molecule has 0 spiro atoms. The number of halogens is 3. The van der Waals surface area contributed by atoms with E-state index in [1.807, 2.05) is 30.3 Å². The number of ether oxygens (including phenoxy) is 2. The summed E-state index contributed by atoms with van der Waals surface area (Å²) in [5.41, 5.74) is 0.715. The predicted octanol–water partition coefficient (Wildman–Crippen LogP) is 3.90. The summed E-state index contributed by atoms with van der Waals surface area (Å²) in [5, 5.41) is 0. The van der Waals surface area contributed by atoms with E-state index >= 15 is 0 Å². The normalized spacial score (nSPS) is 19.9. The Labute approximate surface area is 155 Å². The van der Waals surface area contributed by atoms with Crippen LogP contribution >= 0.6 is 0 Å². The summed E-state index contributed by atoms with van der Waals surface area (Å²) in [6.07, 6.45) is -4.60. The van der Waals surface area contributed by atoms with Crippen LogP contribution in [0.5, 0.6) is 5.75 Å². The quantitative estimate of drug-likeness (QED) is 0.791. The van der Waals surface area contributed by atoms with Gasteiger partial charge in [-0.1, -0.05) is 42.5 Å². The molecule has 0 aliphatic carbocycles. The van der Waals surface area contributed by atoms with Crippen molar-refractivity contribution in [2.75, 3.05) is 20.2 Å². The minimum absolute atomic E-state index is 0.0126. The van der Waals surface area contributed by atoms with E-state index in [4.69, 9.17) is 9.47 Å². The fraction of sp³-hybridized carbons (Fsp3) is 0.350. The van der Waals surface area contributed by atoms with Gasteiger partial charge in [-0.2, -0.15) is 13.2 Å². The van der Waals surface area contributed by atoms with E-state index in [0.29, 0.717) is 17.9 Å². The molecule has 3 rings (SSSR count). The molecule has 27 heavy (non-hydrogen) atoms. The van der Waals surface area contributed by atoms with E-state index < -0.39 is 17.7 Å². The highest BCUT2D eigenvalue weighted by Crippen LogP contribution is 2.38. The average Bonchev–Trinajstić information content (AvgIpc) is 3.12. The number of amides is 1. The van der Waals surface area contributed by atoms with E-state index in [9.17, 15) is 18.0 Å². The Morgan fingerprint density at radius 2 is 1.89 bits per heavy atom. The second kappa shape index (κ2) is 7.60. The van der Waals surface area contributed by atoms with Gasteiger partial charge in [-0.05, 0) is 29.7 Å². The Morgan fingerprint density at radius 1 is 1.15 bits per heavy atom. The molecule has 1 aliphatic rings. The van der Waals surface area contributed by atoms with Gasteiger partial charge in [0.25, 0.3) is 0 Å². The molecule has 0 bridgehead atoms. The van der Waals surface area contributed by atoms with Gasteiger partial charge in [0.2, 0.25) is 0 Å². The smallest absolute Gasteiger partial charge is 0.471 e. The van der Waals surface area contributed by atoms with E-state index in [1.165, 1.54) is 7.11 Å². The largest absolute Gasteiger partial charge is 0.489 e. The zero-order valence-electron chi connectivity index (χ0n) is 14.8. The van der Waals surface area contributed by atoms with Crippen LogP contribution in [0.15, 0.2) is 54.6 Å². The van der Waals surface area contributed by atoms with Gasteiger partial charge in [0.05, 0.1) is 6.54 Å². The standard InChI is InChI=1S/C20H20F3NO3/c1-26-19(10-11-24(14-19)18(25)20(21,22)23)16-8-5-9-17(12-16)27-13-15-6-3-2-4-7-15/h2-9,12H,10-11,13-14H2,1H3. The molecular weight excluding hydrogens is 359 g/mol. The van der Waals surface area contributed by atoms with Gasteiger partial charge in [0, 0.05) is 13.7 Å². The van der Waals surface area contributed by atoms with Crippen LogP contribution in [-0.4, -0.2) is 37.2 Å². The van der Waals surface area contributed by atoms with Crippen molar-refractivity contribution in [1.82, 2.24) is 4.90 Å². The SMILES string of the molecule is COC1(c2cccc(OCc3ccccc3)c2)CCN(C(=O)C(F)(F)F)C1. The molecular formula is C20H20F3NO3. The lowest BCUT2D eigenvalue weighted by Gasteiger charge is -2.29. The third kappa shape index (κ3) is 4.24. The molecule has 2 aromatic rings. The fourth-order valence-corrected chi connectivity index (χ4v) is 3.26. The van der Waals surface area contributed by atoms with Crippen molar-refractivity contribution >= 4 is 5.91 Å². The Hall–Kier alpha value is -2.54. The fourth-order valence-electron chi connectivity index (χ4n) is 3.26. The number of hydrogen-bond acceptors (Lipinski definition) is 3. The summed E-state index contributed by atoms with van der Waals surface area (Å²) in [7, 11) is 1.44. The lowest BCUT2D eigenvalue weighted by atomic mass is 9.92. The maximum Gasteiger partial charge on any atom is 0.471 e. The maximum atomic E-state index is 12.7. The number of hydrogen-bond donors (Lipinski definition) is 0. The van der Waals surface area contributed by atoms with Gasteiger partial charge < -0.3 is 14.4 Å². The van der Waals surface area contributed by atoms with Crippen LogP contribution in [0.25, 0.3) is 0 Å². The second-order valence-electron chi connectivity index (χ2n) is 6.47. The Morgan fingerprint density at radius 3 is 2.56 bits per heavy atom. The molecule has 2 aromatic carbocycles. The zero-order valence-corrected chi connectivity index (χ0v) is 14.8. The molecule has 1 aliphatic heterocycles. The minimum atomic E-state index is -4.88. The first kappa shape index (κ1) is 19.2. The molecule has 1 atom stereocenters. The monoisotopic (exact) mass is 379 g/mol. The van der Waals surface area contributed by atoms with Gasteiger partial charge in [0.1, 0.15) is 18.0 Å². The first-order valence-electron chi connectivity index (χ1n) is 8.53. The molecule has 1 amide bonds. The van der Waals surface area contributed by atoms with Crippen molar-refractivity contribution in [3.8, 4) is 5.75 Å². The Balaban J connectivity index is 1.75. The van der Waals surface area contributed by atoms with Crippen LogP contribution in [0.4, 0.5) is 13.2 Å². The average molecular weight is 379 g/mol. The van der Waals surface area contributed by atoms with Gasteiger partial charge in [0.15, 0.2) is 0 Å². The number of likely N-dealkylation sites (tertiary alicyclic amines) is 1. The predicted molar refractivity (Wildman–Crippen MR) is 93.2 cm³/mol. The van der Waals surface area contributed by atoms with Crippen LogP contribution in [0, 0.1) is 0 Å². The molecule has 0 aromatic heterocycles. The number of alkyl halides is 3. The summed E-state index contributed by atoms with van der Waals surface area (Å²) >= 11 is 0. The maximum absolute atomic E-state index is 12.7. The molecule has 7 heteroatoms. The first-order valence-corrected chi connectivity index (χ1v) is 8.53. The zero-order chi connectivity index (χ0) is 19.5. The second-order valence-corrected chi connectivity index (χ2v) is 6.47. The van der Waals surface area contributed by atoms with Crippen molar-refractivity contribution in [2.45, 2.75) is 24.8 Å². The van der Waals surface area contributed by atoms with Crippen molar-refractivity contribution < 1.29 is 27.4 Å². The van der Waals surface area contributed by atoms with E-state index in [0.717, 1.165) is 10.5 Å². The number of nitrogens with zero attached hydrogens (tertiary/aromatic N) is 1. The third-order valence-electron chi connectivity index (χ3n) is 4.76. The van der Waals surface area contributed by atoms with Gasteiger partial charge in [-0.15, -0.1) is 0 Å². The number of carbonyl (C=O) groups excluding carboxylic acids is 1. The minimum Gasteiger partial charge on any atom is -0.489 e. The first-order chi connectivity index (χ1) is 12.8. The molecule has 0 saturated carbocycles. The summed E-state index contributed by atoms with van der Waals surface area (Å²) < 4.78 is 49.6. The molecule has 1 heterocycles. The Kier molecular flexibility index (Phi) is 5.41. The number of benzene rings is 2. The van der Waals surface area contributed by atoms with E-state index in [1.54, 1.807) is 24.3 Å². The van der Waals surface area contributed by atoms with Crippen molar-refractivity contribution in [2.24, 2.45) is 0 Å². The molecule has 1 saturated heterocycles. The van der Waals surface area contributed by atoms with Crippen LogP contribution in [0.3, 0.4) is 0 Å². The lowest BCUT2D eigenvalue weighted by Crippen LogP contribution is -2.42. The van der Waals surface area contributed by atoms with Gasteiger partial charge in [-0.25, -0.2) is 0 Å².